The van der Waals surface area contributed by atoms with Gasteiger partial charge in [-0.25, -0.2) is 4.99 Å². The lowest BCUT2D eigenvalue weighted by molar-refractivity contribution is -0.121. The minimum Gasteiger partial charge on any atom is -0.506 e. The van der Waals surface area contributed by atoms with Gasteiger partial charge in [-0.05, 0) is 60.2 Å². The number of hydrogen-bond acceptors (Lipinski definition) is 4. The van der Waals surface area contributed by atoms with E-state index in [0.29, 0.717) is 20.8 Å². The second-order valence-corrected chi connectivity index (χ2v) is 6.86. The number of rotatable bonds is 2. The number of thioether (sulfide) groups is 1. The van der Waals surface area contributed by atoms with E-state index in [0.717, 1.165) is 11.1 Å². The summed E-state index contributed by atoms with van der Waals surface area (Å²) in [6, 6.07) is 12.5. The maximum Gasteiger partial charge on any atom is 0.266 e. The summed E-state index contributed by atoms with van der Waals surface area (Å²) in [5.41, 5.74) is 2.24. The molecule has 3 rings (SSSR count). The molecule has 4 nitrogen and oxygen atoms in total. The molecule has 122 valence electrons. The first-order valence-corrected chi connectivity index (χ1v) is 8.45. The average molecular weight is 359 g/mol. The molecular formula is C18H15ClN2O2S. The molecule has 0 spiro atoms. The van der Waals surface area contributed by atoms with Crippen LogP contribution in [0.25, 0.3) is 6.08 Å². The van der Waals surface area contributed by atoms with Crippen LogP contribution in [-0.4, -0.2) is 28.1 Å². The Kier molecular flexibility index (Phi) is 4.64. The Hall–Kier alpha value is -2.24. The van der Waals surface area contributed by atoms with Gasteiger partial charge in [-0.2, -0.15) is 0 Å². The number of aryl methyl sites for hydroxylation is 1. The Morgan fingerprint density at radius 3 is 2.75 bits per heavy atom. The highest BCUT2D eigenvalue weighted by Crippen LogP contribution is 2.35. The zero-order chi connectivity index (χ0) is 17.3. The van der Waals surface area contributed by atoms with Gasteiger partial charge in [-0.1, -0.05) is 29.8 Å². The molecule has 1 amide bonds. The summed E-state index contributed by atoms with van der Waals surface area (Å²) < 4.78 is 0. The van der Waals surface area contributed by atoms with Gasteiger partial charge < -0.3 is 5.11 Å². The van der Waals surface area contributed by atoms with Gasteiger partial charge in [0, 0.05) is 12.1 Å². The Morgan fingerprint density at radius 2 is 2.04 bits per heavy atom. The van der Waals surface area contributed by atoms with Crippen LogP contribution in [0.2, 0.25) is 5.02 Å². The summed E-state index contributed by atoms with van der Waals surface area (Å²) in [5, 5.41) is 11.1. The number of hydrogen-bond donors (Lipinski definition) is 1. The molecule has 0 unspecified atom stereocenters. The number of amidine groups is 1. The third-order valence-corrected chi connectivity index (χ3v) is 4.79. The molecule has 1 saturated heterocycles. The van der Waals surface area contributed by atoms with Crippen molar-refractivity contribution >= 4 is 46.2 Å². The van der Waals surface area contributed by atoms with Crippen LogP contribution >= 0.6 is 23.4 Å². The average Bonchev–Trinajstić information content (AvgIpc) is 2.78. The van der Waals surface area contributed by atoms with E-state index < -0.39 is 0 Å². The van der Waals surface area contributed by atoms with Gasteiger partial charge in [-0.3, -0.25) is 9.69 Å². The lowest BCUT2D eigenvalue weighted by Gasteiger charge is -2.08. The van der Waals surface area contributed by atoms with Gasteiger partial charge in [0.25, 0.3) is 5.91 Å². The second kappa shape index (κ2) is 6.71. The zero-order valence-electron chi connectivity index (χ0n) is 13.2. The number of aromatic hydroxyl groups is 1. The van der Waals surface area contributed by atoms with Gasteiger partial charge in [0.2, 0.25) is 0 Å². The van der Waals surface area contributed by atoms with Gasteiger partial charge >= 0.3 is 0 Å². The molecule has 0 aromatic heterocycles. The van der Waals surface area contributed by atoms with Gasteiger partial charge in [0.1, 0.15) is 11.4 Å². The van der Waals surface area contributed by atoms with Crippen LogP contribution in [0.5, 0.6) is 5.75 Å². The van der Waals surface area contributed by atoms with Crippen LogP contribution in [0.4, 0.5) is 5.69 Å². The minimum absolute atomic E-state index is 0.0937. The van der Waals surface area contributed by atoms with E-state index in [4.69, 9.17) is 11.6 Å². The van der Waals surface area contributed by atoms with Crippen molar-refractivity contribution in [1.82, 2.24) is 4.90 Å². The summed E-state index contributed by atoms with van der Waals surface area (Å²) >= 11 is 7.25. The molecule has 1 fully saturated rings. The molecule has 0 aliphatic carbocycles. The maximum absolute atomic E-state index is 12.4. The fourth-order valence-electron chi connectivity index (χ4n) is 2.23. The fourth-order valence-corrected chi connectivity index (χ4v) is 3.41. The largest absolute Gasteiger partial charge is 0.506 e. The predicted molar refractivity (Wildman–Crippen MR) is 99.7 cm³/mol. The van der Waals surface area contributed by atoms with Crippen molar-refractivity contribution in [1.29, 1.82) is 0 Å². The van der Waals surface area contributed by atoms with Gasteiger partial charge in [-0.15, -0.1) is 0 Å². The van der Waals surface area contributed by atoms with Gasteiger partial charge in [0.05, 0.1) is 4.91 Å². The second-order valence-electron chi connectivity index (χ2n) is 5.42. The molecule has 0 saturated carbocycles. The number of likely N-dealkylation sites (N-methyl/N-ethyl adjacent to an activating group) is 1. The number of amides is 1. The number of phenols is 1. The Morgan fingerprint density at radius 1 is 1.25 bits per heavy atom. The first kappa shape index (κ1) is 16.6. The highest BCUT2D eigenvalue weighted by molar-refractivity contribution is 8.18. The van der Waals surface area contributed by atoms with E-state index in [1.54, 1.807) is 37.4 Å². The third-order valence-electron chi connectivity index (χ3n) is 3.50. The minimum atomic E-state index is -0.134. The number of benzene rings is 2. The van der Waals surface area contributed by atoms with Crippen LogP contribution < -0.4 is 0 Å². The molecule has 6 heteroatoms. The first-order valence-electron chi connectivity index (χ1n) is 7.25. The maximum atomic E-state index is 12.4. The van der Waals surface area contributed by atoms with E-state index in [-0.39, 0.29) is 11.7 Å². The van der Waals surface area contributed by atoms with Crippen LogP contribution in [0.3, 0.4) is 0 Å². The molecule has 1 aliphatic heterocycles. The summed E-state index contributed by atoms with van der Waals surface area (Å²) in [5.74, 6) is -0.0402. The topological polar surface area (TPSA) is 52.9 Å². The van der Waals surface area contributed by atoms with Crippen molar-refractivity contribution in [3.05, 3.63) is 63.5 Å². The van der Waals surface area contributed by atoms with Crippen molar-refractivity contribution in [2.24, 2.45) is 4.99 Å². The molecular weight excluding hydrogens is 344 g/mol. The lowest BCUT2D eigenvalue weighted by atomic mass is 10.2. The number of carbonyl (C=O) groups excluding carboxylic acids is 1. The van der Waals surface area contributed by atoms with Crippen LogP contribution in [-0.2, 0) is 4.79 Å². The first-order chi connectivity index (χ1) is 11.4. The molecule has 0 bridgehead atoms. The normalized spacial score (nSPS) is 18.0. The fraction of sp³-hybridized carbons (Fsp3) is 0.111. The summed E-state index contributed by atoms with van der Waals surface area (Å²) in [6.07, 6.45) is 1.78. The molecule has 1 N–H and O–H groups in total. The summed E-state index contributed by atoms with van der Waals surface area (Å²) in [6.45, 7) is 1.89. The van der Waals surface area contributed by atoms with Crippen molar-refractivity contribution in [2.45, 2.75) is 6.92 Å². The van der Waals surface area contributed by atoms with Crippen LogP contribution in [0.15, 0.2) is 52.4 Å². The van der Waals surface area contributed by atoms with Crippen molar-refractivity contribution in [3.8, 4) is 5.75 Å². The molecule has 2 aromatic carbocycles. The van der Waals surface area contributed by atoms with Gasteiger partial charge in [0.15, 0.2) is 5.17 Å². The van der Waals surface area contributed by atoms with E-state index in [1.165, 1.54) is 16.7 Å². The molecule has 0 atom stereocenters. The number of carbonyl (C=O) groups is 1. The number of nitrogens with zero attached hydrogens (tertiary/aromatic N) is 2. The van der Waals surface area contributed by atoms with Crippen molar-refractivity contribution in [3.63, 3.8) is 0 Å². The molecule has 24 heavy (non-hydrogen) atoms. The Balaban J connectivity index is 1.92. The number of phenolic OH excluding ortho intramolecular Hbond substituents is 1. The Bertz CT molecular complexity index is 877. The predicted octanol–water partition coefficient (Wildman–Crippen LogP) is 4.59. The highest BCUT2D eigenvalue weighted by Gasteiger charge is 2.30. The third kappa shape index (κ3) is 3.47. The van der Waals surface area contributed by atoms with Crippen molar-refractivity contribution in [2.75, 3.05) is 7.05 Å². The van der Waals surface area contributed by atoms with E-state index in [2.05, 4.69) is 4.99 Å². The highest BCUT2D eigenvalue weighted by atomic mass is 35.5. The molecule has 1 heterocycles. The van der Waals surface area contributed by atoms with E-state index in [1.807, 2.05) is 25.1 Å². The number of aliphatic imine (C=N–C) groups is 1. The SMILES string of the molecule is Cc1ccc(N=C2S/C(=C\c3cccc(Cl)c3)C(=O)N2C)c(O)c1. The van der Waals surface area contributed by atoms with E-state index in [9.17, 15) is 9.90 Å². The quantitative estimate of drug-likeness (QED) is 0.799. The molecule has 0 radical (unpaired) electrons. The summed E-state index contributed by atoms with van der Waals surface area (Å²) in [7, 11) is 1.66. The Labute approximate surface area is 149 Å². The van der Waals surface area contributed by atoms with Crippen LogP contribution in [0, 0.1) is 6.92 Å². The van der Waals surface area contributed by atoms with Crippen molar-refractivity contribution < 1.29 is 9.90 Å². The van der Waals surface area contributed by atoms with Crippen LogP contribution in [0.1, 0.15) is 11.1 Å². The monoisotopic (exact) mass is 358 g/mol. The summed E-state index contributed by atoms with van der Waals surface area (Å²) in [4.78, 5) is 18.8. The van der Waals surface area contributed by atoms with E-state index >= 15 is 0 Å². The molecule has 2 aromatic rings. The smallest absolute Gasteiger partial charge is 0.266 e. The number of halogens is 1. The standard InChI is InChI=1S/C18H15ClN2O2S/c1-11-6-7-14(15(22)8-11)20-18-21(2)17(23)16(24-18)10-12-4-3-5-13(19)9-12/h3-10,22H,1-2H3/b16-10-,20-18?. The lowest BCUT2D eigenvalue weighted by Crippen LogP contribution is -2.23. The molecule has 1 aliphatic rings. The zero-order valence-corrected chi connectivity index (χ0v) is 14.7.